The zero-order chi connectivity index (χ0) is 9.14. The molecule has 72 valence electrons. The highest BCUT2D eigenvalue weighted by atomic mass is 16.3. The predicted octanol–water partition coefficient (Wildman–Crippen LogP) is 0.0699. The molecule has 1 aliphatic rings. The molecule has 2 atom stereocenters. The molecule has 3 nitrogen and oxygen atoms in total. The van der Waals surface area contributed by atoms with Gasteiger partial charge < -0.3 is 10.2 Å². The van der Waals surface area contributed by atoms with E-state index in [9.17, 15) is 5.11 Å². The molecule has 3 heteroatoms. The first-order valence-electron chi connectivity index (χ1n) is 4.68. The number of rotatable bonds is 2. The van der Waals surface area contributed by atoms with Gasteiger partial charge in [0, 0.05) is 25.1 Å². The molecule has 2 N–H and O–H groups in total. The number of β-amino-alcohol motifs (C(OH)–C–C–N with tert-alkyl or cyclic N) is 1. The Bertz CT molecular complexity index is 138. The van der Waals surface area contributed by atoms with Crippen molar-refractivity contribution in [1.82, 2.24) is 4.90 Å². The number of hydrogen-bond donors (Lipinski definition) is 2. The molecule has 0 saturated carbocycles. The van der Waals surface area contributed by atoms with E-state index in [2.05, 4.69) is 18.7 Å². The smallest absolute Gasteiger partial charge is 0.0717 e. The van der Waals surface area contributed by atoms with Gasteiger partial charge in [-0.2, -0.15) is 0 Å². The summed E-state index contributed by atoms with van der Waals surface area (Å²) < 4.78 is 0. The number of aliphatic hydroxyl groups is 2. The van der Waals surface area contributed by atoms with E-state index in [1.54, 1.807) is 0 Å². The van der Waals surface area contributed by atoms with E-state index in [-0.39, 0.29) is 18.6 Å². The second-order valence-electron chi connectivity index (χ2n) is 3.89. The molecular formula is C9H19NO2. The Balaban J connectivity index is 2.40. The molecule has 0 amide bonds. The van der Waals surface area contributed by atoms with E-state index < -0.39 is 0 Å². The van der Waals surface area contributed by atoms with Crippen LogP contribution in [0.2, 0.25) is 0 Å². The lowest BCUT2D eigenvalue weighted by atomic mass is 9.94. The number of piperidine rings is 1. The molecule has 0 bridgehead atoms. The maximum Gasteiger partial charge on any atom is 0.0717 e. The second-order valence-corrected chi connectivity index (χ2v) is 3.89. The summed E-state index contributed by atoms with van der Waals surface area (Å²) in [6, 6.07) is 0.499. The van der Waals surface area contributed by atoms with Crippen molar-refractivity contribution in [1.29, 1.82) is 0 Å². The lowest BCUT2D eigenvalue weighted by molar-refractivity contribution is -0.0116. The van der Waals surface area contributed by atoms with E-state index in [0.29, 0.717) is 12.6 Å². The van der Waals surface area contributed by atoms with Gasteiger partial charge in [0.1, 0.15) is 0 Å². The van der Waals surface area contributed by atoms with E-state index in [1.165, 1.54) is 0 Å². The van der Waals surface area contributed by atoms with Crippen molar-refractivity contribution in [2.45, 2.75) is 32.4 Å². The predicted molar refractivity (Wildman–Crippen MR) is 47.9 cm³/mol. The lowest BCUT2D eigenvalue weighted by Gasteiger charge is -2.37. The third kappa shape index (κ3) is 2.19. The van der Waals surface area contributed by atoms with Crippen LogP contribution < -0.4 is 0 Å². The van der Waals surface area contributed by atoms with Gasteiger partial charge in [0.15, 0.2) is 0 Å². The first-order chi connectivity index (χ1) is 5.65. The fourth-order valence-electron chi connectivity index (χ4n) is 1.69. The SMILES string of the molecule is CC(C)N1CCC(CO)C(O)C1. The Morgan fingerprint density at radius 1 is 1.50 bits per heavy atom. The van der Waals surface area contributed by atoms with Crippen LogP contribution in [0.4, 0.5) is 0 Å². The topological polar surface area (TPSA) is 43.7 Å². The van der Waals surface area contributed by atoms with Crippen LogP contribution in [0.15, 0.2) is 0 Å². The molecular weight excluding hydrogens is 154 g/mol. The Morgan fingerprint density at radius 2 is 2.17 bits per heavy atom. The summed E-state index contributed by atoms with van der Waals surface area (Å²) >= 11 is 0. The molecule has 0 radical (unpaired) electrons. The van der Waals surface area contributed by atoms with Gasteiger partial charge in [-0.05, 0) is 26.8 Å². The minimum atomic E-state index is -0.342. The molecule has 1 saturated heterocycles. The van der Waals surface area contributed by atoms with Gasteiger partial charge in [-0.3, -0.25) is 4.90 Å². The largest absolute Gasteiger partial charge is 0.396 e. The minimum absolute atomic E-state index is 0.0972. The van der Waals surface area contributed by atoms with E-state index in [4.69, 9.17) is 5.11 Å². The standard InChI is InChI=1S/C9H19NO2/c1-7(2)10-4-3-8(6-11)9(12)5-10/h7-9,11-12H,3-6H2,1-2H3. The fourth-order valence-corrected chi connectivity index (χ4v) is 1.69. The molecule has 1 fully saturated rings. The zero-order valence-corrected chi connectivity index (χ0v) is 7.90. The van der Waals surface area contributed by atoms with E-state index in [0.717, 1.165) is 13.0 Å². The summed E-state index contributed by atoms with van der Waals surface area (Å²) in [5.74, 6) is 0.0972. The molecule has 1 rings (SSSR count). The summed E-state index contributed by atoms with van der Waals surface area (Å²) in [7, 11) is 0. The average molecular weight is 173 g/mol. The van der Waals surface area contributed by atoms with Crippen LogP contribution in [0.1, 0.15) is 20.3 Å². The maximum atomic E-state index is 9.59. The lowest BCUT2D eigenvalue weighted by Crippen LogP contribution is -2.47. The average Bonchev–Trinajstić information content (AvgIpc) is 2.04. The molecule has 1 aliphatic heterocycles. The van der Waals surface area contributed by atoms with Gasteiger partial charge in [0.05, 0.1) is 6.10 Å². The summed E-state index contributed by atoms with van der Waals surface area (Å²) in [5.41, 5.74) is 0. The van der Waals surface area contributed by atoms with Crippen molar-refractivity contribution in [3.63, 3.8) is 0 Å². The van der Waals surface area contributed by atoms with Gasteiger partial charge in [-0.1, -0.05) is 0 Å². The second kappa shape index (κ2) is 4.21. The van der Waals surface area contributed by atoms with Crippen molar-refractivity contribution >= 4 is 0 Å². The highest BCUT2D eigenvalue weighted by molar-refractivity contribution is 4.80. The third-order valence-electron chi connectivity index (χ3n) is 2.72. The van der Waals surface area contributed by atoms with Crippen LogP contribution in [0.5, 0.6) is 0 Å². The van der Waals surface area contributed by atoms with Crippen LogP contribution in [-0.4, -0.2) is 47.0 Å². The van der Waals surface area contributed by atoms with E-state index in [1.807, 2.05) is 0 Å². The number of likely N-dealkylation sites (tertiary alicyclic amines) is 1. The first-order valence-corrected chi connectivity index (χ1v) is 4.68. The van der Waals surface area contributed by atoms with Gasteiger partial charge in [-0.25, -0.2) is 0 Å². The zero-order valence-electron chi connectivity index (χ0n) is 7.90. The fraction of sp³-hybridized carbons (Fsp3) is 1.00. The van der Waals surface area contributed by atoms with Gasteiger partial charge in [0.25, 0.3) is 0 Å². The van der Waals surface area contributed by atoms with Crippen LogP contribution in [-0.2, 0) is 0 Å². The Labute approximate surface area is 74.0 Å². The Kier molecular flexibility index (Phi) is 3.50. The van der Waals surface area contributed by atoms with Crippen LogP contribution in [0.3, 0.4) is 0 Å². The van der Waals surface area contributed by atoms with Gasteiger partial charge in [-0.15, -0.1) is 0 Å². The van der Waals surface area contributed by atoms with Crippen LogP contribution in [0, 0.1) is 5.92 Å². The van der Waals surface area contributed by atoms with Gasteiger partial charge in [0.2, 0.25) is 0 Å². The normalized spacial score (nSPS) is 32.8. The Morgan fingerprint density at radius 3 is 2.58 bits per heavy atom. The van der Waals surface area contributed by atoms with Crippen molar-refractivity contribution in [3.8, 4) is 0 Å². The van der Waals surface area contributed by atoms with Crippen LogP contribution >= 0.6 is 0 Å². The molecule has 0 aromatic carbocycles. The molecule has 12 heavy (non-hydrogen) atoms. The number of hydrogen-bond acceptors (Lipinski definition) is 3. The molecule has 0 aliphatic carbocycles. The van der Waals surface area contributed by atoms with Crippen LogP contribution in [0.25, 0.3) is 0 Å². The van der Waals surface area contributed by atoms with Crippen molar-refractivity contribution in [2.24, 2.45) is 5.92 Å². The van der Waals surface area contributed by atoms with Gasteiger partial charge >= 0.3 is 0 Å². The number of aliphatic hydroxyl groups excluding tert-OH is 2. The first kappa shape index (κ1) is 9.96. The molecule has 0 spiro atoms. The monoisotopic (exact) mass is 173 g/mol. The minimum Gasteiger partial charge on any atom is -0.396 e. The summed E-state index contributed by atoms with van der Waals surface area (Å²) in [6.45, 7) is 6.09. The number of nitrogens with zero attached hydrogens (tertiary/aromatic N) is 1. The molecule has 0 aromatic heterocycles. The Hall–Kier alpha value is -0.120. The molecule has 2 unspecified atom stereocenters. The summed E-state index contributed by atoms with van der Waals surface area (Å²) in [5, 5.41) is 18.5. The molecule has 0 aromatic rings. The third-order valence-corrected chi connectivity index (χ3v) is 2.72. The quantitative estimate of drug-likeness (QED) is 0.621. The summed E-state index contributed by atoms with van der Waals surface area (Å²) in [4.78, 5) is 2.25. The van der Waals surface area contributed by atoms with Crippen molar-refractivity contribution in [3.05, 3.63) is 0 Å². The highest BCUT2D eigenvalue weighted by Gasteiger charge is 2.27. The van der Waals surface area contributed by atoms with Crippen molar-refractivity contribution in [2.75, 3.05) is 19.7 Å². The highest BCUT2D eigenvalue weighted by Crippen LogP contribution is 2.18. The van der Waals surface area contributed by atoms with Crippen molar-refractivity contribution < 1.29 is 10.2 Å². The maximum absolute atomic E-state index is 9.59. The molecule has 1 heterocycles. The summed E-state index contributed by atoms with van der Waals surface area (Å²) in [6.07, 6.45) is 0.571. The van der Waals surface area contributed by atoms with E-state index >= 15 is 0 Å².